The highest BCUT2D eigenvalue weighted by Crippen LogP contribution is 2.14. The zero-order chi connectivity index (χ0) is 18.1. The molecule has 0 spiro atoms. The van der Waals surface area contributed by atoms with E-state index >= 15 is 0 Å². The van der Waals surface area contributed by atoms with Crippen LogP contribution in [0.15, 0.2) is 42.9 Å². The molecular formula is C19H32N2O. The van der Waals surface area contributed by atoms with Crippen LogP contribution in [0.2, 0.25) is 0 Å². The van der Waals surface area contributed by atoms with Gasteiger partial charge in [0.05, 0.1) is 10.9 Å². The number of H-pyrrole nitrogens is 1. The average molecular weight is 304 g/mol. The summed E-state index contributed by atoms with van der Waals surface area (Å²) in [5.74, 6) is 0. The van der Waals surface area contributed by atoms with Crippen molar-refractivity contribution in [3.05, 3.63) is 59.7 Å². The van der Waals surface area contributed by atoms with Crippen molar-refractivity contribution in [1.29, 1.82) is 0 Å². The van der Waals surface area contributed by atoms with E-state index in [-0.39, 0.29) is 5.56 Å². The van der Waals surface area contributed by atoms with E-state index in [2.05, 4.69) is 29.7 Å². The van der Waals surface area contributed by atoms with Crippen LogP contribution in [0.25, 0.3) is 17.0 Å². The first-order valence-corrected chi connectivity index (χ1v) is 7.84. The third-order valence-electron chi connectivity index (χ3n) is 2.26. The fourth-order valence-electron chi connectivity index (χ4n) is 1.50. The Morgan fingerprint density at radius 2 is 1.59 bits per heavy atom. The van der Waals surface area contributed by atoms with Crippen LogP contribution < -0.4 is 5.56 Å². The van der Waals surface area contributed by atoms with Crippen LogP contribution in [0, 0.1) is 6.92 Å². The number of aromatic amines is 1. The number of aromatic nitrogens is 2. The summed E-state index contributed by atoms with van der Waals surface area (Å²) in [7, 11) is 0. The number of pyridine rings is 2. The Morgan fingerprint density at radius 3 is 2.05 bits per heavy atom. The quantitative estimate of drug-likeness (QED) is 0.681. The number of aryl methyl sites for hydroxylation is 1. The minimum absolute atomic E-state index is 0.117. The molecule has 3 heteroatoms. The Labute approximate surface area is 135 Å². The van der Waals surface area contributed by atoms with E-state index in [0.717, 1.165) is 16.8 Å². The van der Waals surface area contributed by atoms with Gasteiger partial charge in [-0.2, -0.15) is 0 Å². The van der Waals surface area contributed by atoms with Crippen molar-refractivity contribution in [1.82, 2.24) is 9.97 Å². The lowest BCUT2D eigenvalue weighted by molar-refractivity contribution is 1.19. The maximum Gasteiger partial charge on any atom is 0.257 e. The van der Waals surface area contributed by atoms with Gasteiger partial charge in [0.15, 0.2) is 0 Å². The SMILES string of the molecule is C=C.C=Cc1[nH]c(=O)c2cccnc2c1C.CC.CC.CC. The molecule has 2 aromatic heterocycles. The van der Waals surface area contributed by atoms with Gasteiger partial charge in [-0.15, -0.1) is 13.2 Å². The predicted molar refractivity (Wildman–Crippen MR) is 102 cm³/mol. The zero-order valence-electron chi connectivity index (χ0n) is 15.3. The molecule has 0 unspecified atom stereocenters. The monoisotopic (exact) mass is 304 g/mol. The van der Waals surface area contributed by atoms with Crippen molar-refractivity contribution in [2.45, 2.75) is 48.5 Å². The fourth-order valence-corrected chi connectivity index (χ4v) is 1.50. The summed E-state index contributed by atoms with van der Waals surface area (Å²) in [4.78, 5) is 18.5. The lowest BCUT2D eigenvalue weighted by Crippen LogP contribution is -2.10. The molecule has 0 atom stereocenters. The molecule has 0 fully saturated rings. The molecule has 0 aliphatic rings. The highest BCUT2D eigenvalue weighted by molar-refractivity contribution is 5.82. The molecule has 1 N–H and O–H groups in total. The van der Waals surface area contributed by atoms with E-state index in [0.29, 0.717) is 5.39 Å². The normalized spacial score (nSPS) is 7.59. The van der Waals surface area contributed by atoms with E-state index < -0.39 is 0 Å². The van der Waals surface area contributed by atoms with Crippen LogP contribution in [0.4, 0.5) is 0 Å². The number of hydrogen-bond donors (Lipinski definition) is 1. The van der Waals surface area contributed by atoms with E-state index in [1.165, 1.54) is 0 Å². The lowest BCUT2D eigenvalue weighted by Gasteiger charge is -2.03. The summed E-state index contributed by atoms with van der Waals surface area (Å²) in [5, 5.41) is 0.621. The van der Waals surface area contributed by atoms with Crippen LogP contribution in [0.1, 0.15) is 52.8 Å². The largest absolute Gasteiger partial charge is 0.322 e. The Morgan fingerprint density at radius 1 is 1.09 bits per heavy atom. The molecule has 2 aromatic rings. The van der Waals surface area contributed by atoms with Gasteiger partial charge in [-0.1, -0.05) is 48.1 Å². The van der Waals surface area contributed by atoms with Gasteiger partial charge >= 0.3 is 0 Å². The summed E-state index contributed by atoms with van der Waals surface area (Å²) in [6, 6.07) is 3.52. The van der Waals surface area contributed by atoms with E-state index in [1.54, 1.807) is 24.4 Å². The Hall–Kier alpha value is -2.16. The lowest BCUT2D eigenvalue weighted by atomic mass is 10.1. The van der Waals surface area contributed by atoms with Crippen LogP contribution in [0.3, 0.4) is 0 Å². The first kappa shape index (κ1) is 24.8. The Bertz CT molecular complexity index is 571. The molecule has 0 radical (unpaired) electrons. The van der Waals surface area contributed by atoms with Gasteiger partial charge in [-0.25, -0.2) is 0 Å². The first-order chi connectivity index (χ1) is 10.7. The Balaban J connectivity index is -0.000000394. The molecular weight excluding hydrogens is 272 g/mol. The molecule has 2 heterocycles. The van der Waals surface area contributed by atoms with Crippen LogP contribution in [0.5, 0.6) is 0 Å². The predicted octanol–water partition coefficient (Wildman–Crippen LogP) is 5.76. The number of hydrogen-bond acceptors (Lipinski definition) is 2. The van der Waals surface area contributed by atoms with Gasteiger partial charge in [0, 0.05) is 11.9 Å². The summed E-state index contributed by atoms with van der Waals surface area (Å²) in [6.07, 6.45) is 3.31. The van der Waals surface area contributed by atoms with Gasteiger partial charge in [-0.05, 0) is 30.7 Å². The molecule has 0 saturated heterocycles. The average Bonchev–Trinajstić information content (AvgIpc) is 2.65. The van der Waals surface area contributed by atoms with Crippen LogP contribution in [-0.4, -0.2) is 9.97 Å². The molecule has 2 rings (SSSR count). The van der Waals surface area contributed by atoms with Gasteiger partial charge in [0.1, 0.15) is 0 Å². The highest BCUT2D eigenvalue weighted by atomic mass is 16.1. The topological polar surface area (TPSA) is 45.8 Å². The molecule has 0 aliphatic carbocycles. The summed E-state index contributed by atoms with van der Waals surface area (Å²) in [5.41, 5.74) is 2.32. The van der Waals surface area contributed by atoms with E-state index in [9.17, 15) is 4.79 Å². The number of nitrogens with one attached hydrogen (secondary N) is 1. The number of fused-ring (bicyclic) bond motifs is 1. The van der Waals surface area contributed by atoms with E-state index in [4.69, 9.17) is 0 Å². The van der Waals surface area contributed by atoms with Gasteiger partial charge in [-0.3, -0.25) is 9.78 Å². The standard InChI is InChI=1S/C11H10N2O.3C2H6.C2H4/c1-3-9-7(2)10-8(11(14)13-9)5-4-6-12-10;4*1-2/h3-6H,1H2,2H3,(H,13,14);3*1-2H3;1-2H2. The van der Waals surface area contributed by atoms with Crippen molar-refractivity contribution in [3.63, 3.8) is 0 Å². The van der Waals surface area contributed by atoms with Gasteiger partial charge in [0.2, 0.25) is 0 Å². The second kappa shape index (κ2) is 16.9. The van der Waals surface area contributed by atoms with Crippen molar-refractivity contribution in [2.75, 3.05) is 0 Å². The number of rotatable bonds is 1. The molecule has 0 amide bonds. The second-order valence-electron chi connectivity index (χ2n) is 3.10. The summed E-state index contributed by atoms with van der Waals surface area (Å²) in [6.45, 7) is 23.6. The fraction of sp³-hybridized carbons (Fsp3) is 0.368. The molecule has 124 valence electrons. The minimum Gasteiger partial charge on any atom is -0.322 e. The highest BCUT2D eigenvalue weighted by Gasteiger charge is 2.05. The molecule has 0 bridgehead atoms. The smallest absolute Gasteiger partial charge is 0.257 e. The maximum atomic E-state index is 11.6. The third-order valence-corrected chi connectivity index (χ3v) is 2.26. The maximum absolute atomic E-state index is 11.6. The van der Waals surface area contributed by atoms with Crippen molar-refractivity contribution in [2.24, 2.45) is 0 Å². The summed E-state index contributed by atoms with van der Waals surface area (Å²) >= 11 is 0. The van der Waals surface area contributed by atoms with Crippen LogP contribution >= 0.6 is 0 Å². The molecule has 0 aromatic carbocycles. The van der Waals surface area contributed by atoms with E-state index in [1.807, 2.05) is 48.5 Å². The van der Waals surface area contributed by atoms with Crippen LogP contribution in [-0.2, 0) is 0 Å². The minimum atomic E-state index is -0.117. The van der Waals surface area contributed by atoms with Gasteiger partial charge in [0.25, 0.3) is 5.56 Å². The Kier molecular flexibility index (Phi) is 19.1. The molecule has 0 saturated carbocycles. The number of nitrogens with zero attached hydrogens (tertiary/aromatic N) is 1. The molecule has 22 heavy (non-hydrogen) atoms. The summed E-state index contributed by atoms with van der Waals surface area (Å²) < 4.78 is 0. The zero-order valence-corrected chi connectivity index (χ0v) is 15.3. The molecule has 3 nitrogen and oxygen atoms in total. The first-order valence-electron chi connectivity index (χ1n) is 7.84. The third kappa shape index (κ3) is 7.02. The molecule has 0 aliphatic heterocycles. The second-order valence-corrected chi connectivity index (χ2v) is 3.10. The van der Waals surface area contributed by atoms with Gasteiger partial charge < -0.3 is 4.98 Å². The van der Waals surface area contributed by atoms with Crippen molar-refractivity contribution >= 4 is 17.0 Å². The van der Waals surface area contributed by atoms with Crippen molar-refractivity contribution < 1.29 is 0 Å². The van der Waals surface area contributed by atoms with Crippen molar-refractivity contribution in [3.8, 4) is 0 Å².